The van der Waals surface area contributed by atoms with Gasteiger partial charge in [-0.25, -0.2) is 13.2 Å². The van der Waals surface area contributed by atoms with Crippen LogP contribution in [0.3, 0.4) is 0 Å². The molecule has 1 heterocycles. The molecule has 6 heteroatoms. The average molecular weight is 301 g/mol. The van der Waals surface area contributed by atoms with Gasteiger partial charge in [0.15, 0.2) is 11.6 Å². The highest BCUT2D eigenvalue weighted by atomic mass is 19.2. The Bertz CT molecular complexity index is 514. The normalized spacial score (nSPS) is 17.1. The quantitative estimate of drug-likeness (QED) is 0.849. The third-order valence-corrected chi connectivity index (χ3v) is 3.96. The minimum absolute atomic E-state index is 0.151. The van der Waals surface area contributed by atoms with Crippen LogP contribution in [-0.2, 0) is 11.3 Å². The maximum Gasteiger partial charge on any atom is 0.303 e. The summed E-state index contributed by atoms with van der Waals surface area (Å²) in [6.07, 6.45) is 2.52. The molecule has 0 amide bonds. The van der Waals surface area contributed by atoms with Crippen molar-refractivity contribution in [3.05, 3.63) is 35.1 Å². The smallest absolute Gasteiger partial charge is 0.303 e. The molecule has 1 saturated heterocycles. The summed E-state index contributed by atoms with van der Waals surface area (Å²) in [5, 5.41) is 8.65. The minimum Gasteiger partial charge on any atom is -0.481 e. The fourth-order valence-corrected chi connectivity index (χ4v) is 2.69. The van der Waals surface area contributed by atoms with Crippen LogP contribution >= 0.6 is 0 Å². The van der Waals surface area contributed by atoms with Gasteiger partial charge in [0, 0.05) is 24.6 Å². The van der Waals surface area contributed by atoms with Gasteiger partial charge in [0.1, 0.15) is 5.82 Å². The first-order valence-corrected chi connectivity index (χ1v) is 7.03. The Balaban J connectivity index is 1.86. The summed E-state index contributed by atoms with van der Waals surface area (Å²) in [5.74, 6) is -3.37. The first kappa shape index (κ1) is 15.8. The van der Waals surface area contributed by atoms with E-state index >= 15 is 0 Å². The Hall–Kier alpha value is -1.56. The van der Waals surface area contributed by atoms with Gasteiger partial charge in [-0.3, -0.25) is 9.69 Å². The molecule has 1 aliphatic heterocycles. The Kier molecular flexibility index (Phi) is 5.22. The lowest BCUT2D eigenvalue weighted by molar-refractivity contribution is -0.137. The summed E-state index contributed by atoms with van der Waals surface area (Å²) in [7, 11) is 0. The summed E-state index contributed by atoms with van der Waals surface area (Å²) >= 11 is 0. The van der Waals surface area contributed by atoms with E-state index in [1.807, 2.05) is 4.90 Å². The monoisotopic (exact) mass is 301 g/mol. The van der Waals surface area contributed by atoms with Gasteiger partial charge in [-0.2, -0.15) is 0 Å². The summed E-state index contributed by atoms with van der Waals surface area (Å²) in [4.78, 5) is 12.5. The SMILES string of the molecule is O=C(O)CCC1CCN(Cc2cc(F)c(F)cc2F)CC1. The second kappa shape index (κ2) is 6.93. The number of carboxylic acid groups (broad SMARTS) is 1. The van der Waals surface area contributed by atoms with E-state index in [2.05, 4.69) is 0 Å². The molecule has 0 radical (unpaired) electrons. The van der Waals surface area contributed by atoms with E-state index in [0.717, 1.165) is 18.9 Å². The maximum atomic E-state index is 13.6. The molecule has 0 bridgehead atoms. The van der Waals surface area contributed by atoms with Gasteiger partial charge in [0.25, 0.3) is 0 Å². The minimum atomic E-state index is -1.18. The molecule has 2 rings (SSSR count). The number of aliphatic carboxylic acids is 1. The predicted molar refractivity (Wildman–Crippen MR) is 71.2 cm³/mol. The molecule has 21 heavy (non-hydrogen) atoms. The molecule has 0 atom stereocenters. The number of piperidine rings is 1. The van der Waals surface area contributed by atoms with E-state index in [1.54, 1.807) is 0 Å². The van der Waals surface area contributed by atoms with Crippen molar-refractivity contribution in [2.24, 2.45) is 5.92 Å². The lowest BCUT2D eigenvalue weighted by atomic mass is 9.92. The number of carbonyl (C=O) groups is 1. The van der Waals surface area contributed by atoms with Crippen molar-refractivity contribution < 1.29 is 23.1 Å². The molecular weight excluding hydrogens is 283 g/mol. The molecule has 1 N–H and O–H groups in total. The van der Waals surface area contributed by atoms with Crippen molar-refractivity contribution in [3.8, 4) is 0 Å². The fourth-order valence-electron chi connectivity index (χ4n) is 2.69. The van der Waals surface area contributed by atoms with Gasteiger partial charge in [-0.05, 0) is 44.3 Å². The van der Waals surface area contributed by atoms with Gasteiger partial charge in [-0.1, -0.05) is 0 Å². The second-order valence-electron chi connectivity index (χ2n) is 5.51. The van der Waals surface area contributed by atoms with E-state index in [-0.39, 0.29) is 18.5 Å². The van der Waals surface area contributed by atoms with Crippen molar-refractivity contribution in [2.45, 2.75) is 32.2 Å². The molecule has 1 aromatic rings. The average Bonchev–Trinajstić information content (AvgIpc) is 2.44. The van der Waals surface area contributed by atoms with E-state index in [9.17, 15) is 18.0 Å². The van der Waals surface area contributed by atoms with Crippen molar-refractivity contribution in [3.63, 3.8) is 0 Å². The standard InChI is InChI=1S/C15H18F3NO2/c16-12-8-14(18)13(17)7-11(12)9-19-5-3-10(4-6-19)1-2-15(20)21/h7-8,10H,1-6,9H2,(H,20,21). The highest BCUT2D eigenvalue weighted by Crippen LogP contribution is 2.24. The molecule has 0 unspecified atom stereocenters. The summed E-state index contributed by atoms with van der Waals surface area (Å²) in [6.45, 7) is 1.67. The van der Waals surface area contributed by atoms with Crippen LogP contribution in [0.15, 0.2) is 12.1 Å². The zero-order valence-corrected chi connectivity index (χ0v) is 11.6. The predicted octanol–water partition coefficient (Wildman–Crippen LogP) is 3.18. The summed E-state index contributed by atoms with van der Waals surface area (Å²) in [6, 6.07) is 1.48. The van der Waals surface area contributed by atoms with E-state index in [0.29, 0.717) is 31.5 Å². The van der Waals surface area contributed by atoms with Gasteiger partial charge < -0.3 is 5.11 Å². The second-order valence-corrected chi connectivity index (χ2v) is 5.51. The van der Waals surface area contributed by atoms with Crippen LogP contribution < -0.4 is 0 Å². The number of likely N-dealkylation sites (tertiary alicyclic amines) is 1. The lowest BCUT2D eigenvalue weighted by Crippen LogP contribution is -2.33. The zero-order valence-electron chi connectivity index (χ0n) is 11.6. The Morgan fingerprint density at radius 3 is 2.38 bits per heavy atom. The Morgan fingerprint density at radius 2 is 1.76 bits per heavy atom. The highest BCUT2D eigenvalue weighted by Gasteiger charge is 2.21. The fraction of sp³-hybridized carbons (Fsp3) is 0.533. The maximum absolute atomic E-state index is 13.6. The number of carboxylic acids is 1. The van der Waals surface area contributed by atoms with E-state index in [4.69, 9.17) is 5.11 Å². The van der Waals surface area contributed by atoms with E-state index in [1.165, 1.54) is 0 Å². The first-order chi connectivity index (χ1) is 9.95. The van der Waals surface area contributed by atoms with Crippen molar-refractivity contribution >= 4 is 5.97 Å². The van der Waals surface area contributed by atoms with Crippen LogP contribution in [0, 0.1) is 23.4 Å². The molecule has 0 aliphatic carbocycles. The molecule has 0 aromatic heterocycles. The molecule has 0 spiro atoms. The van der Waals surface area contributed by atoms with Crippen molar-refractivity contribution in [1.82, 2.24) is 4.90 Å². The number of halogens is 3. The van der Waals surface area contributed by atoms with Crippen molar-refractivity contribution in [2.75, 3.05) is 13.1 Å². The van der Waals surface area contributed by atoms with E-state index < -0.39 is 23.4 Å². The number of rotatable bonds is 5. The van der Waals surface area contributed by atoms with Gasteiger partial charge in [0.2, 0.25) is 0 Å². The van der Waals surface area contributed by atoms with Crippen LogP contribution in [0.25, 0.3) is 0 Å². The van der Waals surface area contributed by atoms with Crippen LogP contribution in [0.1, 0.15) is 31.2 Å². The molecule has 0 saturated carbocycles. The first-order valence-electron chi connectivity index (χ1n) is 7.03. The van der Waals surface area contributed by atoms with Crippen LogP contribution in [0.5, 0.6) is 0 Å². The number of nitrogens with zero attached hydrogens (tertiary/aromatic N) is 1. The van der Waals surface area contributed by atoms with Crippen LogP contribution in [0.4, 0.5) is 13.2 Å². The Labute approximate surface area is 121 Å². The van der Waals surface area contributed by atoms with Gasteiger partial charge in [0.05, 0.1) is 0 Å². The number of hydrogen-bond donors (Lipinski definition) is 1. The summed E-state index contributed by atoms with van der Waals surface area (Å²) < 4.78 is 39.6. The van der Waals surface area contributed by atoms with Gasteiger partial charge in [-0.15, -0.1) is 0 Å². The molecular formula is C15H18F3NO2. The largest absolute Gasteiger partial charge is 0.481 e. The van der Waals surface area contributed by atoms with Crippen LogP contribution in [0.2, 0.25) is 0 Å². The lowest BCUT2D eigenvalue weighted by Gasteiger charge is -2.31. The zero-order chi connectivity index (χ0) is 15.4. The van der Waals surface area contributed by atoms with Gasteiger partial charge >= 0.3 is 5.97 Å². The number of hydrogen-bond acceptors (Lipinski definition) is 2. The Morgan fingerprint density at radius 1 is 1.14 bits per heavy atom. The topological polar surface area (TPSA) is 40.5 Å². The van der Waals surface area contributed by atoms with Crippen LogP contribution in [-0.4, -0.2) is 29.1 Å². The molecule has 116 valence electrons. The third kappa shape index (κ3) is 4.46. The number of benzene rings is 1. The molecule has 1 aliphatic rings. The highest BCUT2D eigenvalue weighted by molar-refractivity contribution is 5.66. The molecule has 1 aromatic carbocycles. The van der Waals surface area contributed by atoms with Crippen molar-refractivity contribution in [1.29, 1.82) is 0 Å². The molecule has 3 nitrogen and oxygen atoms in total. The third-order valence-electron chi connectivity index (χ3n) is 3.96. The summed E-state index contributed by atoms with van der Waals surface area (Å²) in [5.41, 5.74) is 0.151. The molecule has 1 fully saturated rings.